The van der Waals surface area contributed by atoms with E-state index in [1.54, 1.807) is 12.1 Å². The summed E-state index contributed by atoms with van der Waals surface area (Å²) in [6.07, 6.45) is 0.854. The molecule has 0 aliphatic carbocycles. The van der Waals surface area contributed by atoms with Crippen molar-refractivity contribution in [3.63, 3.8) is 0 Å². The zero-order chi connectivity index (χ0) is 18.6. The number of hydrogen-bond donors (Lipinski definition) is 0. The number of benzene rings is 3. The van der Waals surface area contributed by atoms with Crippen LogP contribution in [0.2, 0.25) is 5.04 Å². The molecule has 0 amide bonds. The molecule has 3 aromatic rings. The van der Waals surface area contributed by atoms with E-state index in [0.717, 1.165) is 12.0 Å². The van der Waals surface area contributed by atoms with Gasteiger partial charge in [-0.1, -0.05) is 81.4 Å². The Hall–Kier alpha value is -2.65. The van der Waals surface area contributed by atoms with Crippen molar-refractivity contribution in [3.8, 4) is 5.75 Å². The third-order valence-corrected chi connectivity index (χ3v) is 9.65. The normalized spacial score (nSPS) is 11.8. The highest BCUT2D eigenvalue weighted by Crippen LogP contribution is 2.37. The van der Waals surface area contributed by atoms with Crippen LogP contribution in [0.15, 0.2) is 84.9 Å². The van der Waals surface area contributed by atoms with Crippen LogP contribution < -0.4 is 14.8 Å². The summed E-state index contributed by atoms with van der Waals surface area (Å²) in [6, 6.07) is 28.4. The van der Waals surface area contributed by atoms with Gasteiger partial charge >= 0.3 is 8.32 Å². The molecule has 0 bridgehead atoms. The molecule has 2 nitrogen and oxygen atoms in total. The molecule has 0 aliphatic rings. The van der Waals surface area contributed by atoms with E-state index in [9.17, 15) is 4.79 Å². The summed E-state index contributed by atoms with van der Waals surface area (Å²) in [6.45, 7) is 6.75. The maximum atomic E-state index is 11.0. The van der Waals surface area contributed by atoms with Crippen molar-refractivity contribution in [1.82, 2.24) is 0 Å². The Kier molecular flexibility index (Phi) is 5.10. The fourth-order valence-electron chi connectivity index (χ4n) is 3.44. The van der Waals surface area contributed by atoms with Crippen molar-refractivity contribution in [1.29, 1.82) is 0 Å². The summed E-state index contributed by atoms with van der Waals surface area (Å²) < 4.78 is 6.86. The van der Waals surface area contributed by atoms with Gasteiger partial charge in [-0.2, -0.15) is 0 Å². The fourth-order valence-corrected chi connectivity index (χ4v) is 7.86. The number of hydrogen-bond acceptors (Lipinski definition) is 2. The van der Waals surface area contributed by atoms with Gasteiger partial charge in [0.2, 0.25) is 0 Å². The lowest BCUT2D eigenvalue weighted by molar-refractivity contribution is 0.112. The standard InChI is InChI=1S/C23H24O2Si/c1-23(2,3)26(21-10-6-4-7-11-21,22-12-8-5-9-13-22)25-20-16-14-19(18-24)15-17-20/h4-18H,1-3H3. The van der Waals surface area contributed by atoms with Crippen molar-refractivity contribution >= 4 is 25.0 Å². The minimum absolute atomic E-state index is 0.0843. The quantitative estimate of drug-likeness (QED) is 0.497. The predicted molar refractivity (Wildman–Crippen MR) is 110 cm³/mol. The topological polar surface area (TPSA) is 26.3 Å². The van der Waals surface area contributed by atoms with E-state index in [1.807, 2.05) is 24.3 Å². The van der Waals surface area contributed by atoms with Crippen molar-refractivity contribution in [2.45, 2.75) is 25.8 Å². The summed E-state index contributed by atoms with van der Waals surface area (Å²) in [7, 11) is -2.61. The first kappa shape index (κ1) is 18.1. The van der Waals surface area contributed by atoms with Gasteiger partial charge in [0, 0.05) is 5.56 Å². The van der Waals surface area contributed by atoms with E-state index in [4.69, 9.17) is 4.43 Å². The molecule has 3 aromatic carbocycles. The van der Waals surface area contributed by atoms with Gasteiger partial charge in [0.05, 0.1) is 0 Å². The summed E-state index contributed by atoms with van der Waals surface area (Å²) in [5.74, 6) is 0.796. The molecule has 26 heavy (non-hydrogen) atoms. The minimum Gasteiger partial charge on any atom is -0.534 e. The highest BCUT2D eigenvalue weighted by Gasteiger charge is 2.52. The monoisotopic (exact) mass is 360 g/mol. The molecule has 0 saturated carbocycles. The van der Waals surface area contributed by atoms with Crippen LogP contribution in [0.3, 0.4) is 0 Å². The van der Waals surface area contributed by atoms with Gasteiger partial charge in [-0.3, -0.25) is 4.79 Å². The van der Waals surface area contributed by atoms with Gasteiger partial charge in [-0.05, 0) is 39.7 Å². The molecule has 0 aliphatic heterocycles. The molecule has 0 fully saturated rings. The largest absolute Gasteiger partial charge is 0.534 e. The summed E-state index contributed by atoms with van der Waals surface area (Å²) in [4.78, 5) is 11.0. The van der Waals surface area contributed by atoms with Crippen molar-refractivity contribution in [2.24, 2.45) is 0 Å². The lowest BCUT2D eigenvalue weighted by Gasteiger charge is -2.43. The molecular formula is C23H24O2Si. The number of carbonyl (C=O) groups excluding carboxylic acids is 1. The van der Waals surface area contributed by atoms with E-state index in [-0.39, 0.29) is 5.04 Å². The van der Waals surface area contributed by atoms with Crippen LogP contribution in [0.4, 0.5) is 0 Å². The Bertz CT molecular complexity index is 811. The van der Waals surface area contributed by atoms with E-state index in [1.165, 1.54) is 10.4 Å². The molecule has 0 aromatic heterocycles. The van der Waals surface area contributed by atoms with Gasteiger partial charge in [-0.25, -0.2) is 0 Å². The molecule has 0 heterocycles. The first-order chi connectivity index (χ1) is 12.5. The van der Waals surface area contributed by atoms with Crippen LogP contribution in [0.5, 0.6) is 5.75 Å². The summed E-state index contributed by atoms with van der Waals surface area (Å²) >= 11 is 0. The Balaban J connectivity index is 2.21. The molecule has 0 saturated heterocycles. The SMILES string of the molecule is CC(C)(C)[Si](Oc1ccc(C=O)cc1)(c1ccccc1)c1ccccc1. The lowest BCUT2D eigenvalue weighted by atomic mass is 10.2. The van der Waals surface area contributed by atoms with Crippen LogP contribution in [0.1, 0.15) is 31.1 Å². The van der Waals surface area contributed by atoms with E-state index in [2.05, 4.69) is 69.3 Å². The van der Waals surface area contributed by atoms with Gasteiger partial charge in [0.1, 0.15) is 12.0 Å². The average molecular weight is 361 g/mol. The van der Waals surface area contributed by atoms with Crippen molar-refractivity contribution < 1.29 is 9.22 Å². The first-order valence-corrected chi connectivity index (χ1v) is 10.7. The van der Waals surface area contributed by atoms with E-state index in [0.29, 0.717) is 5.56 Å². The lowest BCUT2D eigenvalue weighted by Crippen LogP contribution is -2.68. The van der Waals surface area contributed by atoms with Gasteiger partial charge in [0.25, 0.3) is 0 Å². The molecule has 0 atom stereocenters. The second kappa shape index (κ2) is 7.30. The van der Waals surface area contributed by atoms with Crippen LogP contribution >= 0.6 is 0 Å². The first-order valence-electron chi connectivity index (χ1n) is 8.83. The smallest absolute Gasteiger partial charge is 0.319 e. The predicted octanol–water partition coefficient (Wildman–Crippen LogP) is 4.44. The molecule has 0 unspecified atom stereocenters. The van der Waals surface area contributed by atoms with Crippen LogP contribution in [-0.4, -0.2) is 14.6 Å². The second-order valence-corrected chi connectivity index (χ2v) is 11.7. The third kappa shape index (κ3) is 3.35. The Labute approximate surface area is 156 Å². The molecule has 0 N–H and O–H groups in total. The molecule has 0 spiro atoms. The van der Waals surface area contributed by atoms with E-state index < -0.39 is 8.32 Å². The van der Waals surface area contributed by atoms with Crippen LogP contribution in [-0.2, 0) is 0 Å². The second-order valence-electron chi connectivity index (χ2n) is 7.45. The van der Waals surface area contributed by atoms with Gasteiger partial charge in [0.15, 0.2) is 0 Å². The number of carbonyl (C=O) groups is 1. The fraction of sp³-hybridized carbons (Fsp3) is 0.174. The highest BCUT2D eigenvalue weighted by atomic mass is 28.4. The molecule has 3 heteroatoms. The Morgan fingerprint density at radius 1 is 0.731 bits per heavy atom. The maximum Gasteiger partial charge on any atom is 0.319 e. The Morgan fingerprint density at radius 3 is 1.58 bits per heavy atom. The minimum atomic E-state index is -2.61. The zero-order valence-electron chi connectivity index (χ0n) is 15.5. The van der Waals surface area contributed by atoms with Gasteiger partial charge in [-0.15, -0.1) is 0 Å². The van der Waals surface area contributed by atoms with E-state index >= 15 is 0 Å². The van der Waals surface area contributed by atoms with Crippen LogP contribution in [0, 0.1) is 0 Å². The molecule has 3 rings (SSSR count). The maximum absolute atomic E-state index is 11.0. The number of rotatable bonds is 5. The van der Waals surface area contributed by atoms with Gasteiger partial charge < -0.3 is 4.43 Å². The van der Waals surface area contributed by atoms with Crippen LogP contribution in [0.25, 0.3) is 0 Å². The average Bonchev–Trinajstić information content (AvgIpc) is 2.67. The highest BCUT2D eigenvalue weighted by molar-refractivity contribution is 7.00. The van der Waals surface area contributed by atoms with Crippen molar-refractivity contribution in [3.05, 3.63) is 90.5 Å². The number of aldehydes is 1. The zero-order valence-corrected chi connectivity index (χ0v) is 16.5. The Morgan fingerprint density at radius 2 is 1.19 bits per heavy atom. The third-order valence-electron chi connectivity index (χ3n) is 4.70. The summed E-state index contributed by atoms with van der Waals surface area (Å²) in [5, 5.41) is 2.38. The van der Waals surface area contributed by atoms with Crippen molar-refractivity contribution in [2.75, 3.05) is 0 Å². The summed E-state index contributed by atoms with van der Waals surface area (Å²) in [5.41, 5.74) is 0.653. The molecular weight excluding hydrogens is 336 g/mol. The molecule has 132 valence electrons. The molecule has 0 radical (unpaired) electrons.